The third kappa shape index (κ3) is 5.84. The minimum absolute atomic E-state index is 0.279. The van der Waals surface area contributed by atoms with Crippen LogP contribution in [0.1, 0.15) is 48.9 Å². The third-order valence-corrected chi connectivity index (χ3v) is 4.77. The Morgan fingerprint density at radius 3 is 2.54 bits per heavy atom. The average molecular weight is 373 g/mol. The van der Waals surface area contributed by atoms with Crippen LogP contribution in [0.15, 0.2) is 54.1 Å². The topological polar surface area (TPSA) is 29.5 Å². The highest BCUT2D eigenvalue weighted by Gasteiger charge is 2.25. The minimum Gasteiger partial charge on any atom is -0.463 e. The van der Waals surface area contributed by atoms with Gasteiger partial charge in [0.2, 0.25) is 0 Å². The summed E-state index contributed by atoms with van der Waals surface area (Å²) in [5, 5.41) is 0. The molecule has 0 N–H and O–H groups in total. The summed E-state index contributed by atoms with van der Waals surface area (Å²) in [6, 6.07) is 17.1. The second kappa shape index (κ2) is 9.39. The normalized spacial score (nSPS) is 13.8. The molecular weight excluding hydrogens is 346 g/mol. The Hall–Kier alpha value is -2.83. The summed E-state index contributed by atoms with van der Waals surface area (Å²) in [7, 11) is 2.19. The standard InChI is InChI=1S/C25H27NO2/c1-4-28-25(27)19(2)16-22-12-9-20(10-13-22)8-11-21-6-5-7-23(17-21)18-26(3)24-14-15-24/h5-7,9-10,12-13,16-17,24H,4,14-15,18H2,1-3H3/b19-16+. The fourth-order valence-corrected chi connectivity index (χ4v) is 3.04. The van der Waals surface area contributed by atoms with Crippen LogP contribution in [0.25, 0.3) is 6.08 Å². The molecule has 3 rings (SSSR count). The molecule has 0 unspecified atom stereocenters. The number of rotatable bonds is 6. The number of hydrogen-bond acceptors (Lipinski definition) is 3. The zero-order valence-corrected chi connectivity index (χ0v) is 16.9. The van der Waals surface area contributed by atoms with Gasteiger partial charge in [0.05, 0.1) is 6.61 Å². The summed E-state index contributed by atoms with van der Waals surface area (Å²) in [6.45, 7) is 4.93. The van der Waals surface area contributed by atoms with E-state index in [2.05, 4.69) is 42.0 Å². The van der Waals surface area contributed by atoms with Crippen molar-refractivity contribution < 1.29 is 9.53 Å². The number of ether oxygens (including phenoxy) is 1. The first kappa shape index (κ1) is 19.9. The van der Waals surface area contributed by atoms with Crippen LogP contribution in [0.2, 0.25) is 0 Å². The van der Waals surface area contributed by atoms with Crippen molar-refractivity contribution in [3.8, 4) is 11.8 Å². The molecule has 1 aliphatic rings. The SMILES string of the molecule is CCOC(=O)/C(C)=C/c1ccc(C#Cc2cccc(CN(C)C3CC3)c2)cc1. The molecule has 3 heteroatoms. The van der Waals surface area contributed by atoms with Crippen LogP contribution >= 0.6 is 0 Å². The maximum atomic E-state index is 11.7. The van der Waals surface area contributed by atoms with Crippen molar-refractivity contribution >= 4 is 12.0 Å². The lowest BCUT2D eigenvalue weighted by atomic mass is 10.1. The molecule has 1 fully saturated rings. The van der Waals surface area contributed by atoms with Gasteiger partial charge in [0.1, 0.15) is 0 Å². The van der Waals surface area contributed by atoms with Crippen molar-refractivity contribution in [3.05, 3.63) is 76.4 Å². The third-order valence-electron chi connectivity index (χ3n) is 4.77. The summed E-state index contributed by atoms with van der Waals surface area (Å²) in [5.74, 6) is 6.20. The lowest BCUT2D eigenvalue weighted by molar-refractivity contribution is -0.138. The molecule has 144 valence electrons. The summed E-state index contributed by atoms with van der Waals surface area (Å²) >= 11 is 0. The predicted octanol–water partition coefficient (Wildman–Crippen LogP) is 4.65. The highest BCUT2D eigenvalue weighted by atomic mass is 16.5. The molecule has 0 heterocycles. The molecule has 2 aromatic rings. The van der Waals surface area contributed by atoms with Gasteiger partial charge in [-0.3, -0.25) is 4.90 Å². The van der Waals surface area contributed by atoms with Gasteiger partial charge in [0, 0.05) is 29.3 Å². The van der Waals surface area contributed by atoms with Gasteiger partial charge in [-0.15, -0.1) is 0 Å². The Labute approximate surface area is 168 Å². The zero-order chi connectivity index (χ0) is 19.9. The molecule has 1 saturated carbocycles. The van der Waals surface area contributed by atoms with Crippen molar-refractivity contribution in [2.45, 2.75) is 39.3 Å². The van der Waals surface area contributed by atoms with E-state index in [4.69, 9.17) is 4.74 Å². The van der Waals surface area contributed by atoms with Crippen LogP contribution in [0.5, 0.6) is 0 Å². The van der Waals surface area contributed by atoms with Gasteiger partial charge in [0.15, 0.2) is 0 Å². The van der Waals surface area contributed by atoms with Crippen LogP contribution in [0, 0.1) is 11.8 Å². The summed E-state index contributed by atoms with van der Waals surface area (Å²) in [5.41, 5.74) is 4.83. The number of benzene rings is 2. The van der Waals surface area contributed by atoms with Crippen LogP contribution < -0.4 is 0 Å². The monoisotopic (exact) mass is 373 g/mol. The summed E-state index contributed by atoms with van der Waals surface area (Å²) in [6.07, 6.45) is 4.47. The number of carbonyl (C=O) groups excluding carboxylic acids is 1. The largest absolute Gasteiger partial charge is 0.463 e. The Bertz CT molecular complexity index is 912. The van der Waals surface area contributed by atoms with E-state index in [1.54, 1.807) is 13.8 Å². The van der Waals surface area contributed by atoms with E-state index in [0.29, 0.717) is 12.2 Å². The van der Waals surface area contributed by atoms with Gasteiger partial charge >= 0.3 is 5.97 Å². The second-order valence-electron chi connectivity index (χ2n) is 7.27. The molecule has 0 aliphatic heterocycles. The van der Waals surface area contributed by atoms with E-state index in [9.17, 15) is 4.79 Å². The predicted molar refractivity (Wildman–Crippen MR) is 114 cm³/mol. The molecule has 3 nitrogen and oxygen atoms in total. The smallest absolute Gasteiger partial charge is 0.333 e. The maximum absolute atomic E-state index is 11.7. The first-order chi connectivity index (χ1) is 13.5. The molecule has 0 radical (unpaired) electrons. The van der Waals surface area contributed by atoms with E-state index < -0.39 is 0 Å². The zero-order valence-electron chi connectivity index (χ0n) is 16.9. The number of hydrogen-bond donors (Lipinski definition) is 0. The minimum atomic E-state index is -0.279. The fraction of sp³-hybridized carbons (Fsp3) is 0.320. The lowest BCUT2D eigenvalue weighted by Gasteiger charge is -2.15. The van der Waals surface area contributed by atoms with E-state index in [-0.39, 0.29) is 5.97 Å². The van der Waals surface area contributed by atoms with E-state index >= 15 is 0 Å². The van der Waals surface area contributed by atoms with Crippen molar-refractivity contribution in [1.29, 1.82) is 0 Å². The molecule has 28 heavy (non-hydrogen) atoms. The van der Waals surface area contributed by atoms with Gasteiger partial charge in [-0.1, -0.05) is 36.1 Å². The molecule has 0 amide bonds. The van der Waals surface area contributed by atoms with Gasteiger partial charge in [0.25, 0.3) is 0 Å². The maximum Gasteiger partial charge on any atom is 0.333 e. The van der Waals surface area contributed by atoms with Crippen LogP contribution in [0.4, 0.5) is 0 Å². The Morgan fingerprint density at radius 2 is 1.86 bits per heavy atom. The van der Waals surface area contributed by atoms with Crippen molar-refractivity contribution in [2.75, 3.05) is 13.7 Å². The first-order valence-corrected chi connectivity index (χ1v) is 9.82. The quantitative estimate of drug-likeness (QED) is 0.419. The lowest BCUT2D eigenvalue weighted by Crippen LogP contribution is -2.19. The number of nitrogens with zero attached hydrogens (tertiary/aromatic N) is 1. The Balaban J connectivity index is 1.65. The van der Waals surface area contributed by atoms with E-state index in [1.165, 1.54) is 18.4 Å². The molecule has 0 atom stereocenters. The fourth-order valence-electron chi connectivity index (χ4n) is 3.04. The van der Waals surface area contributed by atoms with Crippen molar-refractivity contribution in [2.24, 2.45) is 0 Å². The Morgan fingerprint density at radius 1 is 1.14 bits per heavy atom. The van der Waals surface area contributed by atoms with Gasteiger partial charge in [-0.2, -0.15) is 0 Å². The van der Waals surface area contributed by atoms with Gasteiger partial charge in [-0.05, 0) is 75.2 Å². The highest BCUT2D eigenvalue weighted by molar-refractivity contribution is 5.92. The summed E-state index contributed by atoms with van der Waals surface area (Å²) in [4.78, 5) is 14.1. The first-order valence-electron chi connectivity index (χ1n) is 9.82. The van der Waals surface area contributed by atoms with Crippen molar-refractivity contribution in [1.82, 2.24) is 4.90 Å². The summed E-state index contributed by atoms with van der Waals surface area (Å²) < 4.78 is 5.00. The van der Waals surface area contributed by atoms with Crippen LogP contribution in [-0.2, 0) is 16.1 Å². The van der Waals surface area contributed by atoms with Gasteiger partial charge < -0.3 is 4.74 Å². The molecule has 2 aromatic carbocycles. The Kier molecular flexibility index (Phi) is 6.68. The van der Waals surface area contributed by atoms with Gasteiger partial charge in [-0.25, -0.2) is 4.79 Å². The molecular formula is C25H27NO2. The molecule has 1 aliphatic carbocycles. The van der Waals surface area contributed by atoms with Crippen LogP contribution in [-0.4, -0.2) is 30.6 Å². The molecule has 0 saturated heterocycles. The van der Waals surface area contributed by atoms with Crippen LogP contribution in [0.3, 0.4) is 0 Å². The number of esters is 1. The average Bonchev–Trinajstić information content (AvgIpc) is 3.53. The molecule has 0 aromatic heterocycles. The molecule has 0 spiro atoms. The van der Waals surface area contributed by atoms with E-state index in [0.717, 1.165) is 29.3 Å². The van der Waals surface area contributed by atoms with Crippen molar-refractivity contribution in [3.63, 3.8) is 0 Å². The van der Waals surface area contributed by atoms with E-state index in [1.807, 2.05) is 36.4 Å². The molecule has 0 bridgehead atoms. The highest BCUT2D eigenvalue weighted by Crippen LogP contribution is 2.26. The number of carbonyl (C=O) groups is 1. The second-order valence-corrected chi connectivity index (χ2v) is 7.27.